The highest BCUT2D eigenvalue weighted by atomic mass is 16.5. The molecule has 1 heterocycles. The molecule has 30 heavy (non-hydrogen) atoms. The number of benzene rings is 2. The molecule has 158 valence electrons. The number of rotatable bonds is 9. The first-order valence-electron chi connectivity index (χ1n) is 9.65. The number of nitrogens with one attached hydrogen (secondary N) is 2. The van der Waals surface area contributed by atoms with Crippen molar-refractivity contribution < 1.29 is 23.9 Å². The Kier molecular flexibility index (Phi) is 6.90. The minimum absolute atomic E-state index is 0.118. The third-order valence-electron chi connectivity index (χ3n) is 4.82. The first-order chi connectivity index (χ1) is 14.5. The van der Waals surface area contributed by atoms with Crippen molar-refractivity contribution in [2.75, 3.05) is 14.2 Å². The normalized spacial score (nSPS) is 15.3. The largest absolute Gasteiger partial charge is 0.493 e. The number of hydrogen-bond donors (Lipinski definition) is 2. The Morgan fingerprint density at radius 1 is 1.07 bits per heavy atom. The van der Waals surface area contributed by atoms with Crippen LogP contribution in [0.2, 0.25) is 0 Å². The Labute approximate surface area is 175 Å². The summed E-state index contributed by atoms with van der Waals surface area (Å²) in [5.74, 6) is 0.704. The molecule has 1 fully saturated rings. The lowest BCUT2D eigenvalue weighted by molar-refractivity contribution is -0.130. The average molecular weight is 411 g/mol. The van der Waals surface area contributed by atoms with E-state index in [1.54, 1.807) is 19.1 Å². The standard InChI is InChI=1S/C22H25N3O5/c1-25(20(26)11-9-17-21(27)24-22(28)23-17)13-16-8-10-18(19(12-16)29-2)30-14-15-6-4-3-5-7-15/h3-8,10,12,17H,9,11,13-14H2,1-2H3,(H2,23,24,27,28)/t17-/m1/s1. The van der Waals surface area contributed by atoms with Gasteiger partial charge in [0.1, 0.15) is 12.6 Å². The van der Waals surface area contributed by atoms with E-state index in [-0.39, 0.29) is 18.7 Å². The van der Waals surface area contributed by atoms with Crippen LogP contribution in [-0.2, 0) is 22.7 Å². The molecule has 1 saturated heterocycles. The molecule has 0 radical (unpaired) electrons. The summed E-state index contributed by atoms with van der Waals surface area (Å²) < 4.78 is 11.3. The zero-order chi connectivity index (χ0) is 21.5. The first kappa shape index (κ1) is 21.2. The van der Waals surface area contributed by atoms with Crippen molar-refractivity contribution >= 4 is 17.8 Å². The van der Waals surface area contributed by atoms with Crippen molar-refractivity contribution in [1.29, 1.82) is 0 Å². The van der Waals surface area contributed by atoms with Gasteiger partial charge in [0.05, 0.1) is 7.11 Å². The molecule has 8 heteroatoms. The molecular formula is C22H25N3O5. The van der Waals surface area contributed by atoms with Gasteiger partial charge >= 0.3 is 6.03 Å². The summed E-state index contributed by atoms with van der Waals surface area (Å²) >= 11 is 0. The van der Waals surface area contributed by atoms with E-state index in [2.05, 4.69) is 10.6 Å². The number of nitrogens with zero attached hydrogens (tertiary/aromatic N) is 1. The van der Waals surface area contributed by atoms with Gasteiger partial charge in [-0.1, -0.05) is 36.4 Å². The van der Waals surface area contributed by atoms with Crippen LogP contribution in [-0.4, -0.2) is 42.9 Å². The third-order valence-corrected chi connectivity index (χ3v) is 4.82. The molecule has 1 aliphatic rings. The lowest BCUT2D eigenvalue weighted by Crippen LogP contribution is -2.32. The number of carbonyl (C=O) groups is 3. The van der Waals surface area contributed by atoms with Crippen molar-refractivity contribution in [3.8, 4) is 11.5 Å². The SMILES string of the molecule is COc1cc(CN(C)C(=O)CC[C@H]2NC(=O)NC2=O)ccc1OCc1ccccc1. The number of urea groups is 1. The highest BCUT2D eigenvalue weighted by molar-refractivity contribution is 6.04. The van der Waals surface area contributed by atoms with Crippen LogP contribution in [0.1, 0.15) is 24.0 Å². The monoisotopic (exact) mass is 411 g/mol. The number of amides is 4. The molecule has 0 aliphatic carbocycles. The molecule has 3 rings (SSSR count). The molecule has 0 spiro atoms. The van der Waals surface area contributed by atoms with Crippen LogP contribution in [0.15, 0.2) is 48.5 Å². The zero-order valence-corrected chi connectivity index (χ0v) is 17.0. The average Bonchev–Trinajstić information content (AvgIpc) is 3.08. The molecule has 2 aromatic carbocycles. The van der Waals surface area contributed by atoms with Crippen molar-refractivity contribution in [2.24, 2.45) is 0 Å². The number of hydrogen-bond acceptors (Lipinski definition) is 5. The number of imide groups is 1. The maximum Gasteiger partial charge on any atom is 0.322 e. The van der Waals surface area contributed by atoms with Gasteiger partial charge in [-0.3, -0.25) is 14.9 Å². The van der Waals surface area contributed by atoms with E-state index >= 15 is 0 Å². The molecule has 4 amide bonds. The van der Waals surface area contributed by atoms with Crippen molar-refractivity contribution in [2.45, 2.75) is 32.0 Å². The summed E-state index contributed by atoms with van der Waals surface area (Å²) in [4.78, 5) is 36.7. The maximum atomic E-state index is 12.4. The molecule has 2 aromatic rings. The zero-order valence-electron chi connectivity index (χ0n) is 17.0. The first-order valence-corrected chi connectivity index (χ1v) is 9.65. The Hall–Kier alpha value is -3.55. The number of ether oxygens (including phenoxy) is 2. The van der Waals surface area contributed by atoms with Crippen LogP contribution >= 0.6 is 0 Å². The Bertz CT molecular complexity index is 916. The van der Waals surface area contributed by atoms with Crippen molar-refractivity contribution in [3.05, 3.63) is 59.7 Å². The van der Waals surface area contributed by atoms with Gasteiger partial charge in [-0.05, 0) is 29.7 Å². The highest BCUT2D eigenvalue weighted by Crippen LogP contribution is 2.29. The summed E-state index contributed by atoms with van der Waals surface area (Å²) in [7, 11) is 3.27. The van der Waals surface area contributed by atoms with Gasteiger partial charge in [-0.25, -0.2) is 4.79 Å². The summed E-state index contributed by atoms with van der Waals surface area (Å²) in [6, 6.07) is 14.2. The van der Waals surface area contributed by atoms with E-state index < -0.39 is 18.0 Å². The lowest BCUT2D eigenvalue weighted by atomic mass is 10.1. The van der Waals surface area contributed by atoms with Crippen molar-refractivity contribution in [1.82, 2.24) is 15.5 Å². The van der Waals surface area contributed by atoms with Crippen LogP contribution in [0.4, 0.5) is 4.79 Å². The summed E-state index contributed by atoms with van der Waals surface area (Å²) in [6.07, 6.45) is 0.417. The highest BCUT2D eigenvalue weighted by Gasteiger charge is 2.29. The fourth-order valence-corrected chi connectivity index (χ4v) is 3.15. The summed E-state index contributed by atoms with van der Waals surface area (Å²) in [5, 5.41) is 4.65. The fraction of sp³-hybridized carbons (Fsp3) is 0.318. The van der Waals surface area contributed by atoms with Gasteiger partial charge in [0, 0.05) is 20.0 Å². The Morgan fingerprint density at radius 2 is 1.83 bits per heavy atom. The topological polar surface area (TPSA) is 97.0 Å². The fourth-order valence-electron chi connectivity index (χ4n) is 3.15. The third kappa shape index (κ3) is 5.50. The summed E-state index contributed by atoms with van der Waals surface area (Å²) in [5.41, 5.74) is 1.95. The van der Waals surface area contributed by atoms with Crippen LogP contribution < -0.4 is 20.1 Å². The van der Waals surface area contributed by atoms with Gasteiger partial charge in [0.15, 0.2) is 11.5 Å². The Morgan fingerprint density at radius 3 is 2.50 bits per heavy atom. The van der Waals surface area contributed by atoms with E-state index in [0.29, 0.717) is 24.7 Å². The lowest BCUT2D eigenvalue weighted by Gasteiger charge is -2.19. The van der Waals surface area contributed by atoms with Crippen molar-refractivity contribution in [3.63, 3.8) is 0 Å². The van der Waals surface area contributed by atoms with E-state index in [9.17, 15) is 14.4 Å². The van der Waals surface area contributed by atoms with Gasteiger partial charge in [-0.2, -0.15) is 0 Å². The van der Waals surface area contributed by atoms with Crippen LogP contribution in [0.3, 0.4) is 0 Å². The molecule has 0 unspecified atom stereocenters. The molecule has 8 nitrogen and oxygen atoms in total. The minimum atomic E-state index is -0.656. The maximum absolute atomic E-state index is 12.4. The molecule has 2 N–H and O–H groups in total. The second kappa shape index (κ2) is 9.78. The molecule has 1 atom stereocenters. The predicted molar refractivity (Wildman–Crippen MR) is 110 cm³/mol. The molecule has 0 saturated carbocycles. The van der Waals surface area contributed by atoms with Crippen LogP contribution in [0, 0.1) is 0 Å². The second-order valence-corrected chi connectivity index (χ2v) is 7.06. The van der Waals surface area contributed by atoms with Crippen LogP contribution in [0.25, 0.3) is 0 Å². The smallest absolute Gasteiger partial charge is 0.322 e. The number of carbonyl (C=O) groups excluding carboxylic acids is 3. The second-order valence-electron chi connectivity index (χ2n) is 7.06. The van der Waals surface area contributed by atoms with Gasteiger partial charge < -0.3 is 19.7 Å². The van der Waals surface area contributed by atoms with E-state index in [1.165, 1.54) is 0 Å². The van der Waals surface area contributed by atoms with E-state index in [4.69, 9.17) is 9.47 Å². The molecular weight excluding hydrogens is 386 g/mol. The molecule has 0 bridgehead atoms. The van der Waals surface area contributed by atoms with E-state index in [1.807, 2.05) is 48.5 Å². The molecule has 0 aromatic heterocycles. The minimum Gasteiger partial charge on any atom is -0.493 e. The van der Waals surface area contributed by atoms with Gasteiger partial charge in [-0.15, -0.1) is 0 Å². The Balaban J connectivity index is 1.54. The number of methoxy groups -OCH3 is 1. The van der Waals surface area contributed by atoms with Crippen LogP contribution in [0.5, 0.6) is 11.5 Å². The quantitative estimate of drug-likeness (QED) is 0.617. The van der Waals surface area contributed by atoms with Gasteiger partial charge in [0.2, 0.25) is 5.91 Å². The van der Waals surface area contributed by atoms with E-state index in [0.717, 1.165) is 11.1 Å². The predicted octanol–water partition coefficient (Wildman–Crippen LogP) is 2.22. The molecule has 1 aliphatic heterocycles. The van der Waals surface area contributed by atoms with Gasteiger partial charge in [0.25, 0.3) is 5.91 Å². The summed E-state index contributed by atoms with van der Waals surface area (Å²) in [6.45, 7) is 0.817.